The van der Waals surface area contributed by atoms with Crippen molar-refractivity contribution in [2.75, 3.05) is 6.54 Å². The van der Waals surface area contributed by atoms with Gasteiger partial charge in [0.2, 0.25) is 5.91 Å². The van der Waals surface area contributed by atoms with Crippen molar-refractivity contribution >= 4 is 5.91 Å². The van der Waals surface area contributed by atoms with Crippen LogP contribution in [0.3, 0.4) is 0 Å². The highest BCUT2D eigenvalue weighted by Gasteiger charge is 1.92. The first kappa shape index (κ1) is 8.17. The van der Waals surface area contributed by atoms with Crippen molar-refractivity contribution < 1.29 is 4.79 Å². The highest BCUT2D eigenvalue weighted by Crippen LogP contribution is 1.87. The van der Waals surface area contributed by atoms with Gasteiger partial charge in [-0.15, -0.1) is 0 Å². The smallest absolute Gasteiger partial charge is 0.220 e. The van der Waals surface area contributed by atoms with Gasteiger partial charge in [0.05, 0.1) is 0 Å². The van der Waals surface area contributed by atoms with Crippen LogP contribution in [-0.4, -0.2) is 12.5 Å². The summed E-state index contributed by atoms with van der Waals surface area (Å²) in [6.07, 6.45) is 0.652. The minimum atomic E-state index is -0.0894. The van der Waals surface area contributed by atoms with E-state index in [9.17, 15) is 4.79 Å². The zero-order chi connectivity index (χ0) is 7.28. The van der Waals surface area contributed by atoms with E-state index < -0.39 is 0 Å². The molecule has 0 radical (unpaired) electrons. The van der Waals surface area contributed by atoms with E-state index in [-0.39, 0.29) is 5.91 Å². The molecule has 0 spiro atoms. The summed E-state index contributed by atoms with van der Waals surface area (Å²) >= 11 is 0. The molecule has 0 heterocycles. The van der Waals surface area contributed by atoms with Crippen molar-refractivity contribution in [2.24, 2.45) is 5.73 Å². The molecule has 0 rings (SSSR count). The van der Waals surface area contributed by atoms with Gasteiger partial charge < -0.3 is 11.1 Å². The van der Waals surface area contributed by atoms with Crippen LogP contribution in [0, 0.1) is 0 Å². The molecule has 0 aromatic rings. The van der Waals surface area contributed by atoms with Gasteiger partial charge in [0.25, 0.3) is 0 Å². The topological polar surface area (TPSA) is 55.1 Å². The van der Waals surface area contributed by atoms with E-state index in [2.05, 4.69) is 11.9 Å². The third kappa shape index (κ3) is 5.03. The van der Waals surface area contributed by atoms with Crippen LogP contribution in [0.2, 0.25) is 0 Å². The van der Waals surface area contributed by atoms with Crippen molar-refractivity contribution in [3.63, 3.8) is 0 Å². The Kier molecular flexibility index (Phi) is 3.71. The molecule has 0 bridgehead atoms. The fourth-order valence-electron chi connectivity index (χ4n) is 0.486. The van der Waals surface area contributed by atoms with E-state index in [1.807, 2.05) is 0 Å². The molecular formula is C6H12N2O. The molecule has 3 nitrogen and oxygen atoms in total. The molecule has 3 N–H and O–H groups in total. The highest BCUT2D eigenvalue weighted by atomic mass is 16.1. The Morgan fingerprint density at radius 1 is 1.78 bits per heavy atom. The van der Waals surface area contributed by atoms with E-state index in [0.29, 0.717) is 18.7 Å². The van der Waals surface area contributed by atoms with E-state index in [1.54, 1.807) is 0 Å². The maximum absolute atomic E-state index is 10.3. The molecule has 9 heavy (non-hydrogen) atoms. The summed E-state index contributed by atoms with van der Waals surface area (Å²) in [5.74, 6) is -0.0894. The Hall–Kier alpha value is -0.830. The van der Waals surface area contributed by atoms with Crippen LogP contribution in [0.25, 0.3) is 0 Å². The normalized spacial score (nSPS) is 8.67. The molecule has 52 valence electrons. The van der Waals surface area contributed by atoms with Crippen molar-refractivity contribution in [3.8, 4) is 0 Å². The van der Waals surface area contributed by atoms with Gasteiger partial charge in [-0.3, -0.25) is 4.79 Å². The summed E-state index contributed by atoms with van der Waals surface area (Å²) < 4.78 is 0. The fraction of sp³-hybridized carbons (Fsp3) is 0.500. The lowest BCUT2D eigenvalue weighted by Gasteiger charge is -2.01. The first-order valence-corrected chi connectivity index (χ1v) is 2.82. The minimum absolute atomic E-state index is 0.0894. The number of nitrogens with two attached hydrogens (primary N) is 1. The van der Waals surface area contributed by atoms with Gasteiger partial charge in [0, 0.05) is 12.6 Å². The molecule has 1 amide bonds. The van der Waals surface area contributed by atoms with E-state index in [1.165, 1.54) is 6.92 Å². The molecule has 0 saturated carbocycles. The molecule has 0 aromatic carbocycles. The zero-order valence-corrected chi connectivity index (χ0v) is 5.61. The quantitative estimate of drug-likeness (QED) is 0.561. The fourth-order valence-corrected chi connectivity index (χ4v) is 0.486. The summed E-state index contributed by atoms with van der Waals surface area (Å²) in [6.45, 7) is 5.55. The van der Waals surface area contributed by atoms with Crippen LogP contribution in [0.1, 0.15) is 13.3 Å². The van der Waals surface area contributed by atoms with Crippen LogP contribution in [0.15, 0.2) is 12.3 Å². The van der Waals surface area contributed by atoms with Crippen molar-refractivity contribution in [1.82, 2.24) is 5.32 Å². The lowest BCUT2D eigenvalue weighted by atomic mass is 10.3. The zero-order valence-electron chi connectivity index (χ0n) is 5.61. The molecule has 0 aromatic heterocycles. The van der Waals surface area contributed by atoms with E-state index >= 15 is 0 Å². The van der Waals surface area contributed by atoms with Gasteiger partial charge in [0.1, 0.15) is 0 Å². The van der Waals surface area contributed by atoms with E-state index in [4.69, 9.17) is 5.73 Å². The lowest BCUT2D eigenvalue weighted by molar-refractivity contribution is -0.118. The minimum Gasteiger partial charge on any atom is -0.331 e. The third-order valence-corrected chi connectivity index (χ3v) is 0.799. The van der Waals surface area contributed by atoms with Gasteiger partial charge in [-0.2, -0.15) is 0 Å². The highest BCUT2D eigenvalue weighted by molar-refractivity contribution is 5.74. The Labute approximate surface area is 54.9 Å². The number of carbonyl (C=O) groups is 1. The van der Waals surface area contributed by atoms with Gasteiger partial charge >= 0.3 is 0 Å². The largest absolute Gasteiger partial charge is 0.331 e. The van der Waals surface area contributed by atoms with Crippen LogP contribution < -0.4 is 11.1 Å². The standard InChI is InChI=1S/C6H12N2O/c1-5(3-4-7)8-6(2)9/h1,3-4,7H2,2H3,(H,8,9). The summed E-state index contributed by atoms with van der Waals surface area (Å²) in [6, 6.07) is 0. The SMILES string of the molecule is C=C(CCN)NC(C)=O. The average molecular weight is 128 g/mol. The molecular weight excluding hydrogens is 116 g/mol. The maximum Gasteiger partial charge on any atom is 0.220 e. The first-order valence-electron chi connectivity index (χ1n) is 2.82. The Morgan fingerprint density at radius 3 is 2.67 bits per heavy atom. The molecule has 0 unspecified atom stereocenters. The summed E-state index contributed by atoms with van der Waals surface area (Å²) in [7, 11) is 0. The predicted octanol–water partition coefficient (Wildman–Crippen LogP) is -0.0150. The van der Waals surface area contributed by atoms with Gasteiger partial charge in [-0.1, -0.05) is 6.58 Å². The second-order valence-electron chi connectivity index (χ2n) is 1.82. The number of hydrogen-bond donors (Lipinski definition) is 2. The molecule has 0 saturated heterocycles. The number of nitrogens with one attached hydrogen (secondary N) is 1. The number of carbonyl (C=O) groups excluding carboxylic acids is 1. The van der Waals surface area contributed by atoms with Crippen molar-refractivity contribution in [2.45, 2.75) is 13.3 Å². The molecule has 0 atom stereocenters. The predicted molar refractivity (Wildman–Crippen MR) is 36.6 cm³/mol. The van der Waals surface area contributed by atoms with Crippen LogP contribution in [0.5, 0.6) is 0 Å². The number of rotatable bonds is 3. The maximum atomic E-state index is 10.3. The second-order valence-corrected chi connectivity index (χ2v) is 1.82. The van der Waals surface area contributed by atoms with Gasteiger partial charge in [-0.25, -0.2) is 0 Å². The van der Waals surface area contributed by atoms with Crippen LogP contribution in [-0.2, 0) is 4.79 Å². The second kappa shape index (κ2) is 4.09. The summed E-state index contributed by atoms with van der Waals surface area (Å²) in [5, 5.41) is 2.53. The summed E-state index contributed by atoms with van der Waals surface area (Å²) in [4.78, 5) is 10.3. The molecule has 0 fully saturated rings. The Morgan fingerprint density at radius 2 is 2.33 bits per heavy atom. The van der Waals surface area contributed by atoms with Crippen LogP contribution >= 0.6 is 0 Å². The lowest BCUT2D eigenvalue weighted by Crippen LogP contribution is -2.20. The molecule has 0 aliphatic heterocycles. The average Bonchev–Trinajstić information content (AvgIpc) is 1.63. The number of hydrogen-bond acceptors (Lipinski definition) is 2. The van der Waals surface area contributed by atoms with Gasteiger partial charge in [-0.05, 0) is 13.0 Å². The number of amides is 1. The molecule has 3 heteroatoms. The molecule has 0 aliphatic carbocycles. The molecule has 0 aliphatic rings. The Bertz CT molecular complexity index is 120. The van der Waals surface area contributed by atoms with Crippen molar-refractivity contribution in [1.29, 1.82) is 0 Å². The van der Waals surface area contributed by atoms with Crippen LogP contribution in [0.4, 0.5) is 0 Å². The van der Waals surface area contributed by atoms with Crippen molar-refractivity contribution in [3.05, 3.63) is 12.3 Å². The first-order chi connectivity index (χ1) is 4.16. The third-order valence-electron chi connectivity index (χ3n) is 0.799. The summed E-state index contributed by atoms with van der Waals surface area (Å²) in [5.41, 5.74) is 5.88. The Balaban J connectivity index is 3.39. The monoisotopic (exact) mass is 128 g/mol. The van der Waals surface area contributed by atoms with E-state index in [0.717, 1.165) is 0 Å². The van der Waals surface area contributed by atoms with Gasteiger partial charge in [0.15, 0.2) is 0 Å².